The van der Waals surface area contributed by atoms with E-state index in [-0.39, 0.29) is 0 Å². The van der Waals surface area contributed by atoms with Crippen LogP contribution in [0.4, 0.5) is 0 Å². The van der Waals surface area contributed by atoms with Crippen molar-refractivity contribution in [2.24, 2.45) is 0 Å². The van der Waals surface area contributed by atoms with Crippen molar-refractivity contribution in [3.8, 4) is 0 Å². The molecule has 0 spiro atoms. The third-order valence-electron chi connectivity index (χ3n) is 5.60. The molecule has 124 valence electrons. The number of hydrogen-bond acceptors (Lipinski definition) is 1. The second-order valence-electron chi connectivity index (χ2n) is 6.19. The molecule has 1 nitrogen and oxygen atoms in total. The average molecular weight is 327 g/mol. The first-order valence-electron chi connectivity index (χ1n) is 9.00. The highest BCUT2D eigenvalue weighted by Gasteiger charge is 2.23. The van der Waals surface area contributed by atoms with Crippen molar-refractivity contribution in [1.29, 1.82) is 0 Å². The van der Waals surface area contributed by atoms with Crippen molar-refractivity contribution < 1.29 is 4.74 Å². The van der Waals surface area contributed by atoms with Gasteiger partial charge in [0.1, 0.15) is 0 Å². The van der Waals surface area contributed by atoms with Crippen LogP contribution in [0.25, 0.3) is 0 Å². The van der Waals surface area contributed by atoms with Gasteiger partial charge in [-0.1, -0.05) is 101 Å². The first-order chi connectivity index (χ1) is 10.1. The molecular weight excluding hydrogens is 288 g/mol. The Labute approximate surface area is 135 Å². The van der Waals surface area contributed by atoms with Gasteiger partial charge in [-0.3, -0.25) is 0 Å². The predicted molar refractivity (Wildman–Crippen MR) is 103 cm³/mol. The molecule has 0 aromatic carbocycles. The summed E-state index contributed by atoms with van der Waals surface area (Å²) in [5.41, 5.74) is 5.03. The Kier molecular flexibility index (Phi) is 11.4. The summed E-state index contributed by atoms with van der Waals surface area (Å²) in [5, 5.41) is 0. The van der Waals surface area contributed by atoms with Crippen molar-refractivity contribution in [2.45, 2.75) is 77.8 Å². The van der Waals surface area contributed by atoms with Crippen LogP contribution in [0.2, 0.25) is 36.3 Å². The first-order valence-corrected chi connectivity index (χ1v) is 14.4. The molecule has 0 aromatic rings. The maximum absolute atomic E-state index is 5.76. The van der Waals surface area contributed by atoms with E-state index in [1.165, 1.54) is 36.3 Å². The molecule has 0 fully saturated rings. The molecule has 0 bridgehead atoms. The SMILES string of the molecule is CC[Si](C=CCOCC=C[Si](CC)(CC)CC)(CC)CC. The van der Waals surface area contributed by atoms with Gasteiger partial charge in [-0.25, -0.2) is 0 Å². The topological polar surface area (TPSA) is 9.23 Å². The van der Waals surface area contributed by atoms with Crippen LogP contribution in [0, 0.1) is 0 Å². The molecule has 21 heavy (non-hydrogen) atoms. The zero-order valence-corrected chi connectivity index (χ0v) is 17.4. The minimum atomic E-state index is -1.10. The summed E-state index contributed by atoms with van der Waals surface area (Å²) >= 11 is 0. The van der Waals surface area contributed by atoms with Crippen molar-refractivity contribution in [3.63, 3.8) is 0 Å². The normalized spacial score (nSPS) is 13.6. The highest BCUT2D eigenvalue weighted by Crippen LogP contribution is 2.22. The lowest BCUT2D eigenvalue weighted by molar-refractivity contribution is 0.194. The fourth-order valence-electron chi connectivity index (χ4n) is 3.01. The van der Waals surface area contributed by atoms with E-state index in [0.717, 1.165) is 13.2 Å². The highest BCUT2D eigenvalue weighted by molar-refractivity contribution is 6.84. The van der Waals surface area contributed by atoms with Crippen LogP contribution in [-0.2, 0) is 4.74 Å². The Morgan fingerprint density at radius 2 is 0.857 bits per heavy atom. The van der Waals surface area contributed by atoms with Crippen molar-refractivity contribution in [1.82, 2.24) is 0 Å². The standard InChI is InChI=1S/C18H38OSi2/c1-7-20(8-2,9-3)17-13-15-19-16-14-18-21(10-4,11-5)12-6/h13-14,17-18H,7-12,15-16H2,1-6H3. The van der Waals surface area contributed by atoms with Gasteiger partial charge < -0.3 is 4.74 Å². The predicted octanol–water partition coefficient (Wildman–Crippen LogP) is 6.21. The van der Waals surface area contributed by atoms with E-state index in [1.807, 2.05) is 0 Å². The molecule has 0 amide bonds. The van der Waals surface area contributed by atoms with Crippen LogP contribution in [0.15, 0.2) is 23.6 Å². The molecule has 3 heteroatoms. The van der Waals surface area contributed by atoms with Gasteiger partial charge in [-0.2, -0.15) is 0 Å². The summed E-state index contributed by atoms with van der Waals surface area (Å²) in [7, 11) is -2.21. The van der Waals surface area contributed by atoms with E-state index in [9.17, 15) is 0 Å². The fourth-order valence-corrected chi connectivity index (χ4v) is 8.61. The second-order valence-corrected chi connectivity index (χ2v) is 16.5. The van der Waals surface area contributed by atoms with Gasteiger partial charge in [0.05, 0.1) is 29.4 Å². The van der Waals surface area contributed by atoms with Crippen molar-refractivity contribution >= 4 is 16.1 Å². The summed E-state index contributed by atoms with van der Waals surface area (Å²) in [6, 6.07) is 8.13. The molecule has 0 aliphatic heterocycles. The van der Waals surface area contributed by atoms with Crippen LogP contribution >= 0.6 is 0 Å². The summed E-state index contributed by atoms with van der Waals surface area (Å²) in [6.45, 7) is 15.6. The van der Waals surface area contributed by atoms with Crippen LogP contribution < -0.4 is 0 Å². The smallest absolute Gasteiger partial charge is 0.0767 e. The van der Waals surface area contributed by atoms with Crippen molar-refractivity contribution in [3.05, 3.63) is 23.6 Å². The molecule has 0 N–H and O–H groups in total. The van der Waals surface area contributed by atoms with Crippen LogP contribution in [0.1, 0.15) is 41.5 Å². The quantitative estimate of drug-likeness (QED) is 0.306. The Morgan fingerprint density at radius 1 is 0.571 bits per heavy atom. The molecule has 0 rings (SSSR count). The summed E-state index contributed by atoms with van der Waals surface area (Å²) in [4.78, 5) is 0. The van der Waals surface area contributed by atoms with E-state index in [1.54, 1.807) is 0 Å². The van der Waals surface area contributed by atoms with E-state index < -0.39 is 16.1 Å². The van der Waals surface area contributed by atoms with E-state index in [4.69, 9.17) is 4.74 Å². The third-order valence-corrected chi connectivity index (χ3v) is 15.9. The fraction of sp³-hybridized carbons (Fsp3) is 0.778. The molecule has 0 heterocycles. The van der Waals surface area contributed by atoms with E-state index in [2.05, 4.69) is 65.1 Å². The largest absolute Gasteiger partial charge is 0.373 e. The maximum Gasteiger partial charge on any atom is 0.0767 e. The Bertz CT molecular complexity index is 256. The summed E-state index contributed by atoms with van der Waals surface area (Å²) < 4.78 is 5.76. The molecule has 0 aliphatic rings. The molecule has 0 aromatic heterocycles. The summed E-state index contributed by atoms with van der Waals surface area (Å²) in [6.07, 6.45) is 4.56. The number of rotatable bonds is 12. The minimum absolute atomic E-state index is 0.776. The lowest BCUT2D eigenvalue weighted by Gasteiger charge is -2.23. The number of ether oxygens (including phenoxy) is 1. The molecule has 0 unspecified atom stereocenters. The molecule has 0 radical (unpaired) electrons. The van der Waals surface area contributed by atoms with Crippen molar-refractivity contribution in [2.75, 3.05) is 13.2 Å². The monoisotopic (exact) mass is 326 g/mol. The van der Waals surface area contributed by atoms with Gasteiger partial charge >= 0.3 is 0 Å². The van der Waals surface area contributed by atoms with E-state index >= 15 is 0 Å². The lowest BCUT2D eigenvalue weighted by atomic mass is 10.6. The molecule has 0 saturated carbocycles. The Morgan fingerprint density at radius 3 is 1.10 bits per heavy atom. The van der Waals surface area contributed by atoms with Gasteiger partial charge in [-0.15, -0.1) is 0 Å². The minimum Gasteiger partial charge on any atom is -0.373 e. The van der Waals surface area contributed by atoms with Gasteiger partial charge in [0, 0.05) is 0 Å². The van der Waals surface area contributed by atoms with Gasteiger partial charge in [-0.05, 0) is 0 Å². The average Bonchev–Trinajstić information content (AvgIpc) is 2.55. The van der Waals surface area contributed by atoms with Crippen LogP contribution in [0.5, 0.6) is 0 Å². The van der Waals surface area contributed by atoms with Gasteiger partial charge in [0.2, 0.25) is 0 Å². The first kappa shape index (κ1) is 20.9. The Hall–Kier alpha value is -0.126. The van der Waals surface area contributed by atoms with E-state index in [0.29, 0.717) is 0 Å². The van der Waals surface area contributed by atoms with Crippen LogP contribution in [0.3, 0.4) is 0 Å². The highest BCUT2D eigenvalue weighted by atomic mass is 28.3. The van der Waals surface area contributed by atoms with Crippen LogP contribution in [-0.4, -0.2) is 29.4 Å². The molecule has 0 atom stereocenters. The lowest BCUT2D eigenvalue weighted by Crippen LogP contribution is -2.29. The zero-order chi connectivity index (χ0) is 16.2. The summed E-state index contributed by atoms with van der Waals surface area (Å²) in [5.74, 6) is 0. The number of hydrogen-bond donors (Lipinski definition) is 0. The molecule has 0 aliphatic carbocycles. The molecular formula is C18H38OSi2. The van der Waals surface area contributed by atoms with Gasteiger partial charge in [0.25, 0.3) is 0 Å². The Balaban J connectivity index is 4.17. The van der Waals surface area contributed by atoms with Gasteiger partial charge in [0.15, 0.2) is 0 Å². The maximum atomic E-state index is 5.76. The second kappa shape index (κ2) is 11.4. The zero-order valence-electron chi connectivity index (χ0n) is 15.4. The third kappa shape index (κ3) is 7.11. The molecule has 0 saturated heterocycles.